The number of halogens is 2. The molecule has 1 N–H and O–H groups in total. The zero-order valence-electron chi connectivity index (χ0n) is 20.5. The van der Waals surface area contributed by atoms with Gasteiger partial charge in [0.1, 0.15) is 18.1 Å². The number of nitrogens with zero attached hydrogens (tertiary/aromatic N) is 1. The Kier molecular flexibility index (Phi) is 10.5. The number of benzene rings is 2. The first-order valence-electron chi connectivity index (χ1n) is 12.3. The number of rotatable bonds is 13. The van der Waals surface area contributed by atoms with Crippen molar-refractivity contribution < 1.29 is 37.7 Å². The molecule has 1 amide bonds. The van der Waals surface area contributed by atoms with E-state index >= 15 is 0 Å². The maximum Gasteiger partial charge on any atom is 0.415 e. The van der Waals surface area contributed by atoms with Gasteiger partial charge in [0.2, 0.25) is 0 Å². The second-order valence-corrected chi connectivity index (χ2v) is 8.85. The molecular formula is C27H33F2NO6. The standard InChI is InChI=1S/C27H33F2NO6/c1-2-34-25(26(31)32)17-20-7-9-21(10-8-20)35-16-15-30(14-13-19-5-3-4-6-19)27(33)36-22-11-12-23(28)24(29)18-22/h7-12,18-19,25H,2-6,13-17H2,1H3,(H,31,32). The Morgan fingerprint density at radius 1 is 1.03 bits per heavy atom. The van der Waals surface area contributed by atoms with Gasteiger partial charge in [0.05, 0.1) is 6.54 Å². The summed E-state index contributed by atoms with van der Waals surface area (Å²) in [6.07, 6.45) is 4.20. The van der Waals surface area contributed by atoms with Crippen molar-refractivity contribution in [3.63, 3.8) is 0 Å². The molecular weight excluding hydrogens is 472 g/mol. The molecule has 0 aliphatic heterocycles. The summed E-state index contributed by atoms with van der Waals surface area (Å²) >= 11 is 0. The number of ether oxygens (including phenoxy) is 3. The van der Waals surface area contributed by atoms with Gasteiger partial charge in [-0.2, -0.15) is 0 Å². The third-order valence-electron chi connectivity index (χ3n) is 6.25. The van der Waals surface area contributed by atoms with Gasteiger partial charge < -0.3 is 24.2 Å². The predicted octanol–water partition coefficient (Wildman–Crippen LogP) is 5.46. The van der Waals surface area contributed by atoms with E-state index in [1.54, 1.807) is 31.2 Å². The Labute approximate surface area is 210 Å². The van der Waals surface area contributed by atoms with Gasteiger partial charge in [-0.1, -0.05) is 37.8 Å². The van der Waals surface area contributed by atoms with Gasteiger partial charge in [-0.3, -0.25) is 0 Å². The van der Waals surface area contributed by atoms with Gasteiger partial charge >= 0.3 is 12.1 Å². The van der Waals surface area contributed by atoms with Crippen LogP contribution in [0.1, 0.15) is 44.6 Å². The van der Waals surface area contributed by atoms with Crippen LogP contribution in [0.4, 0.5) is 13.6 Å². The highest BCUT2D eigenvalue weighted by molar-refractivity contribution is 5.72. The summed E-state index contributed by atoms with van der Waals surface area (Å²) < 4.78 is 43.0. The summed E-state index contributed by atoms with van der Waals surface area (Å²) in [6.45, 7) is 2.99. The Bertz CT molecular complexity index is 994. The smallest absolute Gasteiger partial charge is 0.415 e. The normalized spacial score (nSPS) is 14.4. The van der Waals surface area contributed by atoms with E-state index in [-0.39, 0.29) is 25.3 Å². The molecule has 196 valence electrons. The van der Waals surface area contributed by atoms with E-state index in [9.17, 15) is 23.5 Å². The summed E-state index contributed by atoms with van der Waals surface area (Å²) in [5, 5.41) is 9.24. The zero-order valence-corrected chi connectivity index (χ0v) is 20.5. The number of carboxylic acid groups (broad SMARTS) is 1. The van der Waals surface area contributed by atoms with Crippen molar-refractivity contribution in [2.24, 2.45) is 5.92 Å². The average Bonchev–Trinajstić information content (AvgIpc) is 3.38. The molecule has 1 unspecified atom stereocenters. The number of carbonyl (C=O) groups excluding carboxylic acids is 1. The number of carboxylic acids is 1. The first kappa shape index (κ1) is 27.4. The summed E-state index contributed by atoms with van der Waals surface area (Å²) in [5.74, 6) is -2.03. The maximum absolute atomic E-state index is 13.5. The van der Waals surface area contributed by atoms with Crippen molar-refractivity contribution in [2.45, 2.75) is 51.6 Å². The highest BCUT2D eigenvalue weighted by atomic mass is 19.2. The SMILES string of the molecule is CCOC(Cc1ccc(OCCN(CCC2CCCC2)C(=O)Oc2ccc(F)c(F)c2)cc1)C(=O)O. The molecule has 0 radical (unpaired) electrons. The third-order valence-corrected chi connectivity index (χ3v) is 6.25. The molecule has 3 rings (SSSR count). The van der Waals surface area contributed by atoms with E-state index in [2.05, 4.69) is 0 Å². The number of carbonyl (C=O) groups is 2. The summed E-state index contributed by atoms with van der Waals surface area (Å²) in [7, 11) is 0. The monoisotopic (exact) mass is 505 g/mol. The molecule has 0 spiro atoms. The summed E-state index contributed by atoms with van der Waals surface area (Å²) in [5.41, 5.74) is 0.802. The molecule has 1 fully saturated rings. The largest absolute Gasteiger partial charge is 0.492 e. The van der Waals surface area contributed by atoms with E-state index in [0.717, 1.165) is 37.0 Å². The molecule has 1 saturated carbocycles. The van der Waals surface area contributed by atoms with Crippen LogP contribution in [0.5, 0.6) is 11.5 Å². The van der Waals surface area contributed by atoms with Gasteiger partial charge in [-0.05, 0) is 49.1 Å². The van der Waals surface area contributed by atoms with Crippen LogP contribution in [-0.4, -0.2) is 54.5 Å². The molecule has 1 aliphatic rings. The van der Waals surface area contributed by atoms with Crippen molar-refractivity contribution >= 4 is 12.1 Å². The highest BCUT2D eigenvalue weighted by Crippen LogP contribution is 2.28. The second kappa shape index (κ2) is 13.8. The van der Waals surface area contributed by atoms with E-state index in [1.165, 1.54) is 23.8 Å². The van der Waals surface area contributed by atoms with E-state index in [1.807, 2.05) is 0 Å². The average molecular weight is 506 g/mol. The molecule has 0 bridgehead atoms. The van der Waals surface area contributed by atoms with Crippen molar-refractivity contribution in [3.05, 3.63) is 59.7 Å². The first-order valence-corrected chi connectivity index (χ1v) is 12.3. The lowest BCUT2D eigenvalue weighted by molar-refractivity contribution is -0.149. The second-order valence-electron chi connectivity index (χ2n) is 8.85. The molecule has 36 heavy (non-hydrogen) atoms. The fraction of sp³-hybridized carbons (Fsp3) is 0.481. The zero-order chi connectivity index (χ0) is 25.9. The third kappa shape index (κ3) is 8.48. The van der Waals surface area contributed by atoms with Crippen LogP contribution in [0.25, 0.3) is 0 Å². The van der Waals surface area contributed by atoms with Gasteiger partial charge in [0.25, 0.3) is 0 Å². The number of hydrogen-bond donors (Lipinski definition) is 1. The Balaban J connectivity index is 1.55. The molecule has 1 atom stereocenters. The van der Waals surface area contributed by atoms with Crippen molar-refractivity contribution in [1.29, 1.82) is 0 Å². The first-order chi connectivity index (χ1) is 17.4. The topological polar surface area (TPSA) is 85.3 Å². The minimum Gasteiger partial charge on any atom is -0.492 e. The highest BCUT2D eigenvalue weighted by Gasteiger charge is 2.21. The van der Waals surface area contributed by atoms with Crippen molar-refractivity contribution in [2.75, 3.05) is 26.3 Å². The van der Waals surface area contributed by atoms with E-state index < -0.39 is 29.8 Å². The lowest BCUT2D eigenvalue weighted by Gasteiger charge is -2.23. The number of hydrogen-bond acceptors (Lipinski definition) is 5. The van der Waals surface area contributed by atoms with Crippen LogP contribution >= 0.6 is 0 Å². The minimum absolute atomic E-state index is 0.0620. The lowest BCUT2D eigenvalue weighted by Crippen LogP contribution is -2.38. The van der Waals surface area contributed by atoms with Gasteiger partial charge in [0.15, 0.2) is 17.7 Å². The van der Waals surface area contributed by atoms with E-state index in [0.29, 0.717) is 24.8 Å². The lowest BCUT2D eigenvalue weighted by atomic mass is 10.0. The molecule has 0 saturated heterocycles. The molecule has 0 heterocycles. The Hall–Kier alpha value is -3.20. The van der Waals surface area contributed by atoms with Crippen LogP contribution in [0.15, 0.2) is 42.5 Å². The van der Waals surface area contributed by atoms with Crippen molar-refractivity contribution in [1.82, 2.24) is 4.90 Å². The molecule has 7 nitrogen and oxygen atoms in total. The molecule has 0 aromatic heterocycles. The van der Waals surface area contributed by atoms with Crippen molar-refractivity contribution in [3.8, 4) is 11.5 Å². The molecule has 1 aliphatic carbocycles. The fourth-order valence-corrected chi connectivity index (χ4v) is 4.27. The van der Waals surface area contributed by atoms with Gasteiger partial charge in [-0.15, -0.1) is 0 Å². The Morgan fingerprint density at radius 2 is 1.72 bits per heavy atom. The number of amides is 1. The summed E-state index contributed by atoms with van der Waals surface area (Å²) in [6, 6.07) is 10.0. The Morgan fingerprint density at radius 3 is 2.36 bits per heavy atom. The van der Waals surface area contributed by atoms with Crippen LogP contribution < -0.4 is 9.47 Å². The number of aliphatic carboxylic acids is 1. The predicted molar refractivity (Wildman–Crippen MR) is 129 cm³/mol. The molecule has 9 heteroatoms. The van der Waals surface area contributed by atoms with Crippen LogP contribution in [0.3, 0.4) is 0 Å². The van der Waals surface area contributed by atoms with Gasteiger partial charge in [-0.25, -0.2) is 18.4 Å². The van der Waals surface area contributed by atoms with Crippen LogP contribution in [0, 0.1) is 17.6 Å². The minimum atomic E-state index is -1.08. The molecule has 2 aromatic rings. The van der Waals surface area contributed by atoms with Gasteiger partial charge in [0, 0.05) is 25.6 Å². The quantitative estimate of drug-likeness (QED) is 0.389. The maximum atomic E-state index is 13.5. The van der Waals surface area contributed by atoms with E-state index in [4.69, 9.17) is 14.2 Å². The van der Waals surface area contributed by atoms with Crippen LogP contribution in [-0.2, 0) is 16.0 Å². The van der Waals surface area contributed by atoms with Crippen LogP contribution in [0.2, 0.25) is 0 Å². The molecule has 2 aromatic carbocycles. The fourth-order valence-electron chi connectivity index (χ4n) is 4.27. The summed E-state index contributed by atoms with van der Waals surface area (Å²) in [4.78, 5) is 25.6.